The molecule has 0 aromatic heterocycles. The minimum atomic E-state index is -4.37. The molecule has 1 fully saturated rings. The van der Waals surface area contributed by atoms with Crippen LogP contribution in [0, 0.1) is 0 Å². The van der Waals surface area contributed by atoms with Gasteiger partial charge in [0, 0.05) is 11.6 Å². The molecule has 110 valence electrons. The van der Waals surface area contributed by atoms with Gasteiger partial charge >= 0.3 is 6.18 Å². The Morgan fingerprint density at radius 1 is 1.35 bits per heavy atom. The zero-order chi connectivity index (χ0) is 14.8. The minimum absolute atomic E-state index is 0.276. The standard InChI is InChI=1S/C14H17F3N2O/c15-14(16,17)9-19(12-4-5-12)13(20)11-3-1-2-10(8-11)6-7-18/h1-3,8,12H,4-7,9,18H2. The lowest BCUT2D eigenvalue weighted by Gasteiger charge is -2.24. The Hall–Kier alpha value is -1.56. The molecule has 1 aromatic rings. The first kappa shape index (κ1) is 14.8. The molecule has 2 rings (SSSR count). The zero-order valence-electron chi connectivity index (χ0n) is 11.0. The van der Waals surface area contributed by atoms with E-state index in [1.165, 1.54) is 0 Å². The average Bonchev–Trinajstić information content (AvgIpc) is 3.19. The Morgan fingerprint density at radius 2 is 2.05 bits per heavy atom. The molecular weight excluding hydrogens is 269 g/mol. The van der Waals surface area contributed by atoms with E-state index in [-0.39, 0.29) is 6.04 Å². The van der Waals surface area contributed by atoms with Crippen LogP contribution < -0.4 is 5.73 Å². The van der Waals surface area contributed by atoms with E-state index in [0.717, 1.165) is 10.5 Å². The third kappa shape index (κ3) is 3.96. The average molecular weight is 286 g/mol. The first-order chi connectivity index (χ1) is 9.40. The molecule has 0 heterocycles. The molecule has 0 unspecified atom stereocenters. The van der Waals surface area contributed by atoms with Crippen LogP contribution >= 0.6 is 0 Å². The van der Waals surface area contributed by atoms with Crippen LogP contribution in [0.4, 0.5) is 13.2 Å². The van der Waals surface area contributed by atoms with Crippen LogP contribution in [-0.4, -0.2) is 36.1 Å². The van der Waals surface area contributed by atoms with Crippen LogP contribution in [0.2, 0.25) is 0 Å². The topological polar surface area (TPSA) is 46.3 Å². The Labute approximate surface area is 115 Å². The van der Waals surface area contributed by atoms with Gasteiger partial charge in [0.1, 0.15) is 6.54 Å². The van der Waals surface area contributed by atoms with Crippen molar-refractivity contribution in [1.29, 1.82) is 0 Å². The summed E-state index contributed by atoms with van der Waals surface area (Å²) in [4.78, 5) is 13.2. The maximum absolute atomic E-state index is 12.6. The van der Waals surface area contributed by atoms with E-state index < -0.39 is 18.6 Å². The highest BCUT2D eigenvalue weighted by atomic mass is 19.4. The lowest BCUT2D eigenvalue weighted by Crippen LogP contribution is -2.40. The highest BCUT2D eigenvalue weighted by Crippen LogP contribution is 2.31. The molecule has 20 heavy (non-hydrogen) atoms. The first-order valence-corrected chi connectivity index (χ1v) is 6.57. The Bertz CT molecular complexity index is 484. The summed E-state index contributed by atoms with van der Waals surface area (Å²) in [5, 5.41) is 0. The van der Waals surface area contributed by atoms with Gasteiger partial charge in [0.25, 0.3) is 5.91 Å². The summed E-state index contributed by atoms with van der Waals surface area (Å²) in [6, 6.07) is 6.39. The number of nitrogens with two attached hydrogens (primary N) is 1. The molecule has 0 radical (unpaired) electrons. The third-order valence-corrected chi connectivity index (χ3v) is 3.21. The van der Waals surface area contributed by atoms with E-state index in [1.807, 2.05) is 6.07 Å². The lowest BCUT2D eigenvalue weighted by atomic mass is 10.1. The molecular formula is C14H17F3N2O. The van der Waals surface area contributed by atoms with Gasteiger partial charge in [-0.25, -0.2) is 0 Å². The van der Waals surface area contributed by atoms with Crippen molar-refractivity contribution < 1.29 is 18.0 Å². The Kier molecular flexibility index (Phi) is 4.32. The Morgan fingerprint density at radius 3 is 2.60 bits per heavy atom. The first-order valence-electron chi connectivity index (χ1n) is 6.57. The molecule has 0 atom stereocenters. The summed E-state index contributed by atoms with van der Waals surface area (Å²) >= 11 is 0. The number of alkyl halides is 3. The van der Waals surface area contributed by atoms with Gasteiger partial charge in [0.05, 0.1) is 0 Å². The molecule has 1 aliphatic carbocycles. The predicted octanol–water partition coefficient (Wildman–Crippen LogP) is 2.35. The van der Waals surface area contributed by atoms with E-state index >= 15 is 0 Å². The largest absolute Gasteiger partial charge is 0.406 e. The molecule has 1 aromatic carbocycles. The van der Waals surface area contributed by atoms with Crippen molar-refractivity contribution in [3.8, 4) is 0 Å². The van der Waals surface area contributed by atoms with E-state index in [9.17, 15) is 18.0 Å². The second-order valence-corrected chi connectivity index (χ2v) is 5.02. The normalized spacial score (nSPS) is 15.2. The summed E-state index contributed by atoms with van der Waals surface area (Å²) in [6.07, 6.45) is -2.48. The van der Waals surface area contributed by atoms with Crippen LogP contribution in [0.5, 0.6) is 0 Å². The molecule has 1 aliphatic rings. The fourth-order valence-corrected chi connectivity index (χ4v) is 2.14. The van der Waals surface area contributed by atoms with Crippen molar-refractivity contribution >= 4 is 5.91 Å². The van der Waals surface area contributed by atoms with Crippen LogP contribution in [0.15, 0.2) is 24.3 Å². The van der Waals surface area contributed by atoms with Gasteiger partial charge in [-0.3, -0.25) is 4.79 Å². The second kappa shape index (κ2) is 5.83. The molecule has 0 aliphatic heterocycles. The molecule has 0 spiro atoms. The molecule has 1 amide bonds. The van der Waals surface area contributed by atoms with Crippen LogP contribution in [-0.2, 0) is 6.42 Å². The molecule has 6 heteroatoms. The molecule has 3 nitrogen and oxygen atoms in total. The van der Waals surface area contributed by atoms with Crippen molar-refractivity contribution in [2.45, 2.75) is 31.5 Å². The maximum atomic E-state index is 12.6. The van der Waals surface area contributed by atoms with Gasteiger partial charge in [0.2, 0.25) is 0 Å². The van der Waals surface area contributed by atoms with Crippen molar-refractivity contribution in [2.24, 2.45) is 5.73 Å². The predicted molar refractivity (Wildman–Crippen MR) is 69.3 cm³/mol. The molecule has 0 bridgehead atoms. The van der Waals surface area contributed by atoms with Crippen molar-refractivity contribution in [2.75, 3.05) is 13.1 Å². The molecule has 1 saturated carbocycles. The van der Waals surface area contributed by atoms with Crippen molar-refractivity contribution in [3.63, 3.8) is 0 Å². The van der Waals surface area contributed by atoms with Crippen LogP contribution in [0.25, 0.3) is 0 Å². The Balaban J connectivity index is 2.16. The van der Waals surface area contributed by atoms with E-state index in [0.29, 0.717) is 31.4 Å². The number of halogens is 3. The van der Waals surface area contributed by atoms with Crippen molar-refractivity contribution in [3.05, 3.63) is 35.4 Å². The summed E-state index contributed by atoms with van der Waals surface area (Å²) in [7, 11) is 0. The van der Waals surface area contributed by atoms with Gasteiger partial charge in [0.15, 0.2) is 0 Å². The van der Waals surface area contributed by atoms with Gasteiger partial charge < -0.3 is 10.6 Å². The van der Waals surface area contributed by atoms with Gasteiger partial charge in [-0.15, -0.1) is 0 Å². The third-order valence-electron chi connectivity index (χ3n) is 3.21. The van der Waals surface area contributed by atoms with Crippen LogP contribution in [0.1, 0.15) is 28.8 Å². The number of nitrogens with zero attached hydrogens (tertiary/aromatic N) is 1. The van der Waals surface area contributed by atoms with E-state index in [4.69, 9.17) is 5.73 Å². The number of benzene rings is 1. The second-order valence-electron chi connectivity index (χ2n) is 5.02. The van der Waals surface area contributed by atoms with Gasteiger partial charge in [-0.05, 0) is 43.5 Å². The van der Waals surface area contributed by atoms with Crippen LogP contribution in [0.3, 0.4) is 0 Å². The fourth-order valence-electron chi connectivity index (χ4n) is 2.14. The number of rotatable bonds is 5. The van der Waals surface area contributed by atoms with E-state index in [1.54, 1.807) is 18.2 Å². The minimum Gasteiger partial charge on any atom is -0.330 e. The summed E-state index contributed by atoms with van der Waals surface area (Å²) in [5.41, 5.74) is 6.60. The van der Waals surface area contributed by atoms with E-state index in [2.05, 4.69) is 0 Å². The molecule has 0 saturated heterocycles. The lowest BCUT2D eigenvalue weighted by molar-refractivity contribution is -0.141. The quantitative estimate of drug-likeness (QED) is 0.903. The number of hydrogen-bond donors (Lipinski definition) is 1. The van der Waals surface area contributed by atoms with Gasteiger partial charge in [-0.1, -0.05) is 12.1 Å². The smallest absolute Gasteiger partial charge is 0.330 e. The maximum Gasteiger partial charge on any atom is 0.406 e. The molecule has 2 N–H and O–H groups in total. The summed E-state index contributed by atoms with van der Waals surface area (Å²) < 4.78 is 37.7. The fraction of sp³-hybridized carbons (Fsp3) is 0.500. The number of hydrogen-bond acceptors (Lipinski definition) is 2. The number of carbonyl (C=O) groups excluding carboxylic acids is 1. The summed E-state index contributed by atoms with van der Waals surface area (Å²) in [5.74, 6) is -0.552. The highest BCUT2D eigenvalue weighted by molar-refractivity contribution is 5.94. The summed E-state index contributed by atoms with van der Waals surface area (Å²) in [6.45, 7) is -0.746. The number of carbonyl (C=O) groups is 1. The SMILES string of the molecule is NCCc1cccc(C(=O)N(CC(F)(F)F)C2CC2)c1. The monoisotopic (exact) mass is 286 g/mol. The number of amides is 1. The zero-order valence-corrected chi connectivity index (χ0v) is 11.0. The van der Waals surface area contributed by atoms with Crippen molar-refractivity contribution in [1.82, 2.24) is 4.90 Å². The highest BCUT2D eigenvalue weighted by Gasteiger charge is 2.40. The van der Waals surface area contributed by atoms with Gasteiger partial charge in [-0.2, -0.15) is 13.2 Å².